The van der Waals surface area contributed by atoms with Crippen molar-refractivity contribution in [2.45, 2.75) is 89.9 Å². The van der Waals surface area contributed by atoms with Crippen LogP contribution in [0.1, 0.15) is 95.5 Å². The van der Waals surface area contributed by atoms with Crippen LogP contribution in [0.5, 0.6) is 0 Å². The number of hydrogen-bond acceptors (Lipinski definition) is 0. The lowest BCUT2D eigenvalue weighted by Crippen LogP contribution is -2.25. The van der Waals surface area contributed by atoms with Crippen molar-refractivity contribution in [3.8, 4) is 0 Å². The fourth-order valence-electron chi connectivity index (χ4n) is 5.30. The van der Waals surface area contributed by atoms with Gasteiger partial charge in [-0.25, -0.2) is 8.78 Å². The summed E-state index contributed by atoms with van der Waals surface area (Å²) in [5, 5.41) is 0. The zero-order valence-corrected chi connectivity index (χ0v) is 16.9. The summed E-state index contributed by atoms with van der Waals surface area (Å²) in [6, 6.07) is 4.48. The summed E-state index contributed by atoms with van der Waals surface area (Å²) < 4.78 is 26.7. The third-order valence-electron chi connectivity index (χ3n) is 7.05. The van der Waals surface area contributed by atoms with E-state index in [0.29, 0.717) is 5.92 Å². The Morgan fingerprint density at radius 3 is 2.15 bits per heavy atom. The molecule has 0 N–H and O–H groups in total. The lowest BCUT2D eigenvalue weighted by molar-refractivity contribution is 0.171. The van der Waals surface area contributed by atoms with Crippen molar-refractivity contribution in [1.29, 1.82) is 0 Å². The van der Waals surface area contributed by atoms with E-state index in [2.05, 4.69) is 19.1 Å². The summed E-state index contributed by atoms with van der Waals surface area (Å²) in [4.78, 5) is 0. The Morgan fingerprint density at radius 1 is 0.852 bits per heavy atom. The first kappa shape index (κ1) is 20.6. The van der Waals surface area contributed by atoms with E-state index < -0.39 is 11.6 Å². The molecule has 0 aliphatic heterocycles. The van der Waals surface area contributed by atoms with E-state index in [1.165, 1.54) is 76.3 Å². The third kappa shape index (κ3) is 5.90. The van der Waals surface area contributed by atoms with Crippen LogP contribution in [0.3, 0.4) is 0 Å². The first-order valence-electron chi connectivity index (χ1n) is 11.3. The zero-order valence-electron chi connectivity index (χ0n) is 16.9. The molecule has 0 unspecified atom stereocenters. The van der Waals surface area contributed by atoms with E-state index in [1.54, 1.807) is 6.07 Å². The Bertz CT molecular complexity index is 590. The molecule has 2 heteroatoms. The fraction of sp³-hybridized carbons (Fsp3) is 0.680. The maximum absolute atomic E-state index is 13.5. The van der Waals surface area contributed by atoms with Crippen LogP contribution in [0, 0.1) is 29.4 Å². The first-order chi connectivity index (χ1) is 13.2. The molecule has 0 radical (unpaired) electrons. The second-order valence-electron chi connectivity index (χ2n) is 8.88. The molecule has 2 aliphatic rings. The Balaban J connectivity index is 1.40. The van der Waals surface area contributed by atoms with Crippen molar-refractivity contribution in [2.24, 2.45) is 17.8 Å². The quantitative estimate of drug-likeness (QED) is 0.333. The smallest absolute Gasteiger partial charge is 0.159 e. The highest BCUT2D eigenvalue weighted by Gasteiger charge is 2.30. The van der Waals surface area contributed by atoms with Gasteiger partial charge in [-0.3, -0.25) is 0 Å². The van der Waals surface area contributed by atoms with Crippen molar-refractivity contribution < 1.29 is 8.78 Å². The van der Waals surface area contributed by atoms with Gasteiger partial charge >= 0.3 is 0 Å². The predicted molar refractivity (Wildman–Crippen MR) is 110 cm³/mol. The molecule has 0 heterocycles. The van der Waals surface area contributed by atoms with Crippen LogP contribution in [-0.4, -0.2) is 0 Å². The van der Waals surface area contributed by atoms with Gasteiger partial charge in [-0.1, -0.05) is 38.0 Å². The molecule has 0 spiro atoms. The molecule has 150 valence electrons. The van der Waals surface area contributed by atoms with E-state index in [1.807, 2.05) is 0 Å². The average molecular weight is 375 g/mol. The van der Waals surface area contributed by atoms with Gasteiger partial charge in [-0.05, 0) is 106 Å². The molecular formula is C25H36F2. The van der Waals surface area contributed by atoms with Crippen molar-refractivity contribution in [1.82, 2.24) is 0 Å². The number of allylic oxidation sites excluding steroid dienone is 2. The summed E-state index contributed by atoms with van der Waals surface area (Å²) in [7, 11) is 0. The van der Waals surface area contributed by atoms with Crippen LogP contribution in [0.25, 0.3) is 0 Å². The maximum atomic E-state index is 13.5. The van der Waals surface area contributed by atoms with E-state index in [0.717, 1.165) is 36.2 Å². The van der Waals surface area contributed by atoms with Crippen LogP contribution in [0.2, 0.25) is 0 Å². The molecule has 3 rings (SSSR count). The minimum absolute atomic E-state index is 0.416. The summed E-state index contributed by atoms with van der Waals surface area (Å²) in [6.07, 6.45) is 20.4. The summed E-state index contributed by atoms with van der Waals surface area (Å²) >= 11 is 0. The minimum atomic E-state index is -0.733. The predicted octanol–water partition coefficient (Wildman–Crippen LogP) is 8.18. The van der Waals surface area contributed by atoms with Crippen molar-refractivity contribution in [2.75, 3.05) is 0 Å². The zero-order chi connectivity index (χ0) is 19.1. The van der Waals surface area contributed by atoms with E-state index in [-0.39, 0.29) is 0 Å². The Kier molecular flexibility index (Phi) is 7.91. The normalized spacial score (nSPS) is 29.3. The average Bonchev–Trinajstić information content (AvgIpc) is 2.71. The van der Waals surface area contributed by atoms with E-state index in [4.69, 9.17) is 0 Å². The summed E-state index contributed by atoms with van der Waals surface area (Å²) in [5.74, 6) is 1.53. The molecule has 0 nitrogen and oxygen atoms in total. The van der Waals surface area contributed by atoms with E-state index in [9.17, 15) is 8.78 Å². The molecule has 0 atom stereocenters. The standard InChI is InChI=1S/C25H36F2/c1-2-3-4-5-6-7-19-8-10-20(11-9-19)21-12-14-22(15-13-21)23-16-17-24(26)25(27)18-23/h6-7,16-22H,2-5,8-15H2,1H3/b7-6+. The van der Waals surface area contributed by atoms with Crippen LogP contribution in [0.15, 0.2) is 30.4 Å². The Morgan fingerprint density at radius 2 is 1.52 bits per heavy atom. The van der Waals surface area contributed by atoms with Crippen molar-refractivity contribution in [3.63, 3.8) is 0 Å². The SMILES string of the molecule is CCCCC/C=C/C1CCC(C2CCC(c3ccc(F)c(F)c3)CC2)CC1. The molecule has 0 amide bonds. The van der Waals surface area contributed by atoms with Crippen LogP contribution >= 0.6 is 0 Å². The van der Waals surface area contributed by atoms with Gasteiger partial charge in [0.2, 0.25) is 0 Å². The second kappa shape index (κ2) is 10.4. The Hall–Kier alpha value is -1.18. The number of unbranched alkanes of at least 4 members (excludes halogenated alkanes) is 3. The molecule has 1 aromatic carbocycles. The van der Waals surface area contributed by atoms with Gasteiger partial charge in [0.25, 0.3) is 0 Å². The van der Waals surface area contributed by atoms with Crippen molar-refractivity contribution in [3.05, 3.63) is 47.5 Å². The molecule has 0 saturated heterocycles. The number of hydrogen-bond donors (Lipinski definition) is 0. The summed E-state index contributed by atoms with van der Waals surface area (Å²) in [5.41, 5.74) is 0.990. The maximum Gasteiger partial charge on any atom is 0.159 e. The molecular weight excluding hydrogens is 338 g/mol. The molecule has 2 saturated carbocycles. The van der Waals surface area contributed by atoms with Crippen molar-refractivity contribution >= 4 is 0 Å². The highest BCUT2D eigenvalue weighted by molar-refractivity contribution is 5.22. The third-order valence-corrected chi connectivity index (χ3v) is 7.05. The lowest BCUT2D eigenvalue weighted by Gasteiger charge is -2.37. The minimum Gasteiger partial charge on any atom is -0.204 e. The molecule has 2 aliphatic carbocycles. The first-order valence-corrected chi connectivity index (χ1v) is 11.3. The number of benzene rings is 1. The van der Waals surface area contributed by atoms with Crippen LogP contribution in [-0.2, 0) is 0 Å². The molecule has 0 aromatic heterocycles. The number of halogens is 2. The van der Waals surface area contributed by atoms with Gasteiger partial charge < -0.3 is 0 Å². The molecule has 27 heavy (non-hydrogen) atoms. The molecule has 2 fully saturated rings. The number of rotatable bonds is 7. The topological polar surface area (TPSA) is 0 Å². The van der Waals surface area contributed by atoms with Gasteiger partial charge in [0.15, 0.2) is 11.6 Å². The van der Waals surface area contributed by atoms with Gasteiger partial charge in [-0.15, -0.1) is 0 Å². The van der Waals surface area contributed by atoms with Crippen LogP contribution in [0.4, 0.5) is 8.78 Å². The highest BCUT2D eigenvalue weighted by atomic mass is 19.2. The summed E-state index contributed by atoms with van der Waals surface area (Å²) in [6.45, 7) is 2.26. The fourth-order valence-corrected chi connectivity index (χ4v) is 5.30. The van der Waals surface area contributed by atoms with E-state index >= 15 is 0 Å². The monoisotopic (exact) mass is 374 g/mol. The highest BCUT2D eigenvalue weighted by Crippen LogP contribution is 2.44. The van der Waals surface area contributed by atoms with Gasteiger partial charge in [-0.2, -0.15) is 0 Å². The Labute approximate surface area is 164 Å². The van der Waals surface area contributed by atoms with Gasteiger partial charge in [0.05, 0.1) is 0 Å². The van der Waals surface area contributed by atoms with Crippen LogP contribution < -0.4 is 0 Å². The van der Waals surface area contributed by atoms with Gasteiger partial charge in [0.1, 0.15) is 0 Å². The van der Waals surface area contributed by atoms with Gasteiger partial charge in [0, 0.05) is 0 Å². The lowest BCUT2D eigenvalue weighted by atomic mass is 9.68. The molecule has 0 bridgehead atoms. The second-order valence-corrected chi connectivity index (χ2v) is 8.88. The largest absolute Gasteiger partial charge is 0.204 e. The molecule has 1 aromatic rings.